The number of hydroxylamine groups is 2. The van der Waals surface area contributed by atoms with Gasteiger partial charge < -0.3 is 4.74 Å². The molecular weight excluding hydrogens is 314 g/mol. The molecule has 3 aromatic carbocycles. The molecule has 0 bridgehead atoms. The van der Waals surface area contributed by atoms with Gasteiger partial charge in [-0.05, 0) is 28.8 Å². The highest BCUT2D eigenvalue weighted by Crippen LogP contribution is 2.28. The van der Waals surface area contributed by atoms with Crippen molar-refractivity contribution in [3.8, 4) is 5.75 Å². The van der Waals surface area contributed by atoms with Gasteiger partial charge in [0.05, 0.1) is 0 Å². The molecule has 0 aromatic heterocycles. The number of benzene rings is 3. The van der Waals surface area contributed by atoms with Crippen LogP contribution in [-0.2, 0) is 11.4 Å². The zero-order valence-electron chi connectivity index (χ0n) is 13.7. The molecule has 3 rings (SSSR count). The van der Waals surface area contributed by atoms with E-state index in [9.17, 15) is 10.0 Å². The summed E-state index contributed by atoms with van der Waals surface area (Å²) in [4.78, 5) is 11.1. The van der Waals surface area contributed by atoms with E-state index >= 15 is 0 Å². The van der Waals surface area contributed by atoms with Crippen molar-refractivity contribution in [2.75, 3.05) is 0 Å². The fourth-order valence-corrected chi connectivity index (χ4v) is 2.68. The van der Waals surface area contributed by atoms with E-state index in [-0.39, 0.29) is 0 Å². The summed E-state index contributed by atoms with van der Waals surface area (Å²) in [6.45, 7) is 0.489. The van der Waals surface area contributed by atoms with Gasteiger partial charge in [-0.2, -0.15) is 0 Å². The lowest BCUT2D eigenvalue weighted by Crippen LogP contribution is -2.24. The zero-order chi connectivity index (χ0) is 17.5. The third-order valence-corrected chi connectivity index (χ3v) is 3.93. The Hall–Kier alpha value is -3.11. The topological polar surface area (TPSA) is 49.8 Å². The van der Waals surface area contributed by atoms with Crippen molar-refractivity contribution in [2.45, 2.75) is 12.6 Å². The van der Waals surface area contributed by atoms with Crippen LogP contribution in [0.3, 0.4) is 0 Å². The second-order valence-corrected chi connectivity index (χ2v) is 5.64. The minimum atomic E-state index is -0.554. The average Bonchev–Trinajstić information content (AvgIpc) is 2.69. The first-order valence-corrected chi connectivity index (χ1v) is 8.02. The highest BCUT2D eigenvalue weighted by atomic mass is 16.5. The van der Waals surface area contributed by atoms with Crippen LogP contribution in [0.2, 0.25) is 0 Å². The summed E-state index contributed by atoms with van der Waals surface area (Å²) < 4.78 is 5.77. The highest BCUT2D eigenvalue weighted by Gasteiger charge is 2.19. The fourth-order valence-electron chi connectivity index (χ4n) is 2.68. The van der Waals surface area contributed by atoms with Crippen LogP contribution in [-0.4, -0.2) is 16.7 Å². The summed E-state index contributed by atoms with van der Waals surface area (Å²) in [6.07, 6.45) is 0.414. The molecule has 0 spiro atoms. The molecular formula is C21H19NO3. The maximum atomic E-state index is 11.1. The van der Waals surface area contributed by atoms with E-state index in [0.717, 1.165) is 22.4 Å². The van der Waals surface area contributed by atoms with Gasteiger partial charge in [0.15, 0.2) is 0 Å². The molecule has 1 atom stereocenters. The fraction of sp³-hybridized carbons (Fsp3) is 0.0952. The van der Waals surface area contributed by atoms with Gasteiger partial charge in [-0.3, -0.25) is 10.0 Å². The molecule has 0 aliphatic heterocycles. The van der Waals surface area contributed by atoms with Crippen molar-refractivity contribution in [1.82, 2.24) is 5.06 Å². The van der Waals surface area contributed by atoms with E-state index in [1.807, 2.05) is 84.9 Å². The van der Waals surface area contributed by atoms with Crippen molar-refractivity contribution < 1.29 is 14.7 Å². The maximum Gasteiger partial charge on any atom is 0.234 e. The molecule has 126 valence electrons. The van der Waals surface area contributed by atoms with Crippen LogP contribution in [0.4, 0.5) is 0 Å². The van der Waals surface area contributed by atoms with E-state index in [0.29, 0.717) is 18.1 Å². The standard InChI is InChI=1S/C21H19NO3/c23-16-22(24)21(18-9-5-2-6-10-18)19-11-13-20(14-12-19)25-15-17-7-3-1-4-8-17/h1-14,16,21,24H,15H2. The van der Waals surface area contributed by atoms with Crippen molar-refractivity contribution in [2.24, 2.45) is 0 Å². The molecule has 4 nitrogen and oxygen atoms in total. The van der Waals surface area contributed by atoms with Crippen LogP contribution in [0.25, 0.3) is 0 Å². The van der Waals surface area contributed by atoms with Crippen molar-refractivity contribution in [3.05, 3.63) is 102 Å². The Labute approximate surface area is 146 Å². The summed E-state index contributed by atoms with van der Waals surface area (Å²) in [5, 5.41) is 10.7. The lowest BCUT2D eigenvalue weighted by molar-refractivity contribution is -0.157. The third kappa shape index (κ3) is 4.25. The first kappa shape index (κ1) is 16.7. The molecule has 0 fully saturated rings. The van der Waals surface area contributed by atoms with Gasteiger partial charge >= 0.3 is 0 Å². The second-order valence-electron chi connectivity index (χ2n) is 5.64. The smallest absolute Gasteiger partial charge is 0.234 e. The van der Waals surface area contributed by atoms with Gasteiger partial charge in [-0.1, -0.05) is 72.8 Å². The Kier molecular flexibility index (Phi) is 5.44. The van der Waals surface area contributed by atoms with Gasteiger partial charge in [0, 0.05) is 0 Å². The van der Waals surface area contributed by atoms with E-state index in [4.69, 9.17) is 4.74 Å². The Balaban J connectivity index is 1.76. The molecule has 1 amide bonds. The number of ether oxygens (including phenoxy) is 1. The Morgan fingerprint density at radius 3 is 2.00 bits per heavy atom. The Morgan fingerprint density at radius 1 is 0.840 bits per heavy atom. The predicted octanol–water partition coefficient (Wildman–Crippen LogP) is 4.20. The largest absolute Gasteiger partial charge is 0.489 e. The molecule has 0 radical (unpaired) electrons. The summed E-state index contributed by atoms with van der Waals surface area (Å²) in [5.41, 5.74) is 2.72. The minimum Gasteiger partial charge on any atom is -0.489 e. The predicted molar refractivity (Wildman–Crippen MR) is 95.2 cm³/mol. The number of rotatable bonds is 7. The first-order valence-electron chi connectivity index (χ1n) is 8.02. The average molecular weight is 333 g/mol. The Morgan fingerprint density at radius 2 is 1.40 bits per heavy atom. The second kappa shape index (κ2) is 8.13. The van der Waals surface area contributed by atoms with Crippen LogP contribution in [0.1, 0.15) is 22.7 Å². The number of amides is 1. The van der Waals surface area contributed by atoms with E-state index in [1.54, 1.807) is 0 Å². The number of carbonyl (C=O) groups excluding carboxylic acids is 1. The lowest BCUT2D eigenvalue weighted by Gasteiger charge is -2.23. The van der Waals surface area contributed by atoms with Crippen LogP contribution >= 0.6 is 0 Å². The molecule has 0 saturated heterocycles. The highest BCUT2D eigenvalue weighted by molar-refractivity contribution is 5.49. The number of carbonyl (C=O) groups is 1. The lowest BCUT2D eigenvalue weighted by atomic mass is 9.98. The number of hydrogen-bond donors (Lipinski definition) is 1. The molecule has 0 saturated carbocycles. The SMILES string of the molecule is O=CN(O)C(c1ccccc1)c1ccc(OCc2ccccc2)cc1. The summed E-state index contributed by atoms with van der Waals surface area (Å²) >= 11 is 0. The summed E-state index contributed by atoms with van der Waals surface area (Å²) in [5.74, 6) is 0.731. The van der Waals surface area contributed by atoms with Crippen LogP contribution in [0, 0.1) is 0 Å². The molecule has 1 N–H and O–H groups in total. The number of nitrogens with zero attached hydrogens (tertiary/aromatic N) is 1. The quantitative estimate of drug-likeness (QED) is 0.400. The van der Waals surface area contributed by atoms with E-state index in [1.165, 1.54) is 0 Å². The van der Waals surface area contributed by atoms with Crippen molar-refractivity contribution in [3.63, 3.8) is 0 Å². The minimum absolute atomic E-state index is 0.414. The third-order valence-electron chi connectivity index (χ3n) is 3.93. The summed E-state index contributed by atoms with van der Waals surface area (Å²) in [6, 6.07) is 26.1. The molecule has 0 heterocycles. The first-order chi connectivity index (χ1) is 12.3. The van der Waals surface area contributed by atoms with Crippen LogP contribution in [0.15, 0.2) is 84.9 Å². The van der Waals surface area contributed by atoms with Crippen LogP contribution in [0.5, 0.6) is 5.75 Å². The summed E-state index contributed by atoms with van der Waals surface area (Å²) in [7, 11) is 0. The van der Waals surface area contributed by atoms with Crippen molar-refractivity contribution >= 4 is 6.41 Å². The van der Waals surface area contributed by atoms with Crippen molar-refractivity contribution in [1.29, 1.82) is 0 Å². The van der Waals surface area contributed by atoms with Gasteiger partial charge in [0.25, 0.3) is 0 Å². The molecule has 0 aliphatic rings. The normalized spacial score (nSPS) is 11.6. The molecule has 4 heteroatoms. The van der Waals surface area contributed by atoms with Gasteiger partial charge in [0.1, 0.15) is 18.4 Å². The van der Waals surface area contributed by atoms with Gasteiger partial charge in [-0.15, -0.1) is 0 Å². The van der Waals surface area contributed by atoms with Crippen LogP contribution < -0.4 is 4.74 Å². The molecule has 3 aromatic rings. The number of hydrogen-bond acceptors (Lipinski definition) is 3. The molecule has 1 unspecified atom stereocenters. The van der Waals surface area contributed by atoms with Gasteiger partial charge in [-0.25, -0.2) is 5.06 Å². The Bertz CT molecular complexity index is 788. The van der Waals surface area contributed by atoms with E-state index in [2.05, 4.69) is 0 Å². The van der Waals surface area contributed by atoms with Gasteiger partial charge in [0.2, 0.25) is 6.41 Å². The monoisotopic (exact) mass is 333 g/mol. The molecule has 25 heavy (non-hydrogen) atoms. The van der Waals surface area contributed by atoms with E-state index < -0.39 is 6.04 Å². The zero-order valence-corrected chi connectivity index (χ0v) is 13.7. The maximum absolute atomic E-state index is 11.1. The molecule has 0 aliphatic carbocycles.